The Morgan fingerprint density at radius 2 is 1.97 bits per heavy atom. The number of carbonyl (C=O) groups is 2. The molecule has 184 valence electrons. The smallest absolute Gasteiger partial charge is 0.322 e. The van der Waals surface area contributed by atoms with Crippen molar-refractivity contribution in [3.8, 4) is 5.75 Å². The van der Waals surface area contributed by atoms with E-state index in [9.17, 15) is 9.59 Å². The van der Waals surface area contributed by atoms with Crippen LogP contribution in [0.5, 0.6) is 5.75 Å². The van der Waals surface area contributed by atoms with Gasteiger partial charge in [0.25, 0.3) is 0 Å². The number of fused-ring (bicyclic) bond motifs is 1. The van der Waals surface area contributed by atoms with Gasteiger partial charge in [0, 0.05) is 28.7 Å². The Morgan fingerprint density at radius 1 is 1.17 bits per heavy atom. The Morgan fingerprint density at radius 3 is 2.71 bits per heavy atom. The first-order valence-electron chi connectivity index (χ1n) is 11.8. The maximum absolute atomic E-state index is 13.6. The molecule has 0 spiro atoms. The van der Waals surface area contributed by atoms with Gasteiger partial charge in [-0.1, -0.05) is 49.7 Å². The predicted octanol–water partition coefficient (Wildman–Crippen LogP) is 6.10. The van der Waals surface area contributed by atoms with Crippen molar-refractivity contribution in [1.82, 2.24) is 9.80 Å². The SMILES string of the molecule is CC(C)CN(CC(=O)N1CCc2sccc2[C@H]1COc1ccccc1)C(=O)Nc1cccc(Cl)c1. The lowest BCUT2D eigenvalue weighted by Crippen LogP contribution is -2.49. The molecule has 0 saturated carbocycles. The van der Waals surface area contributed by atoms with Crippen LogP contribution in [0.2, 0.25) is 5.02 Å². The van der Waals surface area contributed by atoms with Gasteiger partial charge in [0.05, 0.1) is 6.04 Å². The fourth-order valence-corrected chi connectivity index (χ4v) is 5.37. The van der Waals surface area contributed by atoms with Crippen LogP contribution in [0.4, 0.5) is 10.5 Å². The number of urea groups is 1. The van der Waals surface area contributed by atoms with Gasteiger partial charge >= 0.3 is 6.03 Å². The summed E-state index contributed by atoms with van der Waals surface area (Å²) in [5.74, 6) is 0.880. The molecule has 1 aromatic heterocycles. The van der Waals surface area contributed by atoms with E-state index >= 15 is 0 Å². The second-order valence-corrected chi connectivity index (χ2v) is 10.4. The van der Waals surface area contributed by atoms with Crippen LogP contribution in [0.3, 0.4) is 0 Å². The van der Waals surface area contributed by atoms with Gasteiger partial charge in [0.2, 0.25) is 5.91 Å². The third kappa shape index (κ3) is 6.55. The lowest BCUT2D eigenvalue weighted by atomic mass is 10.0. The number of nitrogens with zero attached hydrogens (tertiary/aromatic N) is 2. The largest absolute Gasteiger partial charge is 0.491 e. The zero-order valence-electron chi connectivity index (χ0n) is 19.9. The Labute approximate surface area is 215 Å². The average Bonchev–Trinajstić information content (AvgIpc) is 3.31. The molecule has 35 heavy (non-hydrogen) atoms. The third-order valence-electron chi connectivity index (χ3n) is 5.84. The zero-order valence-corrected chi connectivity index (χ0v) is 21.5. The van der Waals surface area contributed by atoms with E-state index in [0.717, 1.165) is 17.7 Å². The predicted molar refractivity (Wildman–Crippen MR) is 141 cm³/mol. The number of benzene rings is 2. The van der Waals surface area contributed by atoms with Crippen molar-refractivity contribution in [2.75, 3.05) is 31.6 Å². The van der Waals surface area contributed by atoms with Crippen molar-refractivity contribution < 1.29 is 14.3 Å². The molecule has 4 rings (SSSR count). The number of hydrogen-bond donors (Lipinski definition) is 1. The van der Waals surface area contributed by atoms with Crippen LogP contribution in [-0.2, 0) is 11.2 Å². The van der Waals surface area contributed by atoms with E-state index in [4.69, 9.17) is 16.3 Å². The summed E-state index contributed by atoms with van der Waals surface area (Å²) >= 11 is 7.78. The van der Waals surface area contributed by atoms with Gasteiger partial charge in [-0.05, 0) is 59.7 Å². The number of ether oxygens (including phenoxy) is 1. The molecule has 2 aromatic carbocycles. The van der Waals surface area contributed by atoms with Crippen molar-refractivity contribution in [2.24, 2.45) is 5.92 Å². The molecule has 2 heterocycles. The van der Waals surface area contributed by atoms with Gasteiger partial charge in [0.15, 0.2) is 0 Å². The standard InChI is InChI=1S/C27H30ClN3O3S/c1-19(2)16-30(27(33)29-21-8-6-7-20(28)15-21)17-26(32)31-13-11-25-23(12-14-35-25)24(31)18-34-22-9-4-3-5-10-22/h3-10,12,14-15,19,24H,11,13,16-18H2,1-2H3,(H,29,33)/t24-/m1/s1. The number of para-hydroxylation sites is 1. The van der Waals surface area contributed by atoms with Crippen molar-refractivity contribution in [3.05, 3.63) is 81.5 Å². The quantitative estimate of drug-likeness (QED) is 0.397. The fourth-order valence-electron chi connectivity index (χ4n) is 4.25. The van der Waals surface area contributed by atoms with E-state index < -0.39 is 0 Å². The average molecular weight is 512 g/mol. The van der Waals surface area contributed by atoms with E-state index in [1.165, 1.54) is 4.88 Å². The van der Waals surface area contributed by atoms with Crippen molar-refractivity contribution >= 4 is 40.6 Å². The molecule has 0 bridgehead atoms. The van der Waals surface area contributed by atoms with Gasteiger partial charge in [0.1, 0.15) is 18.9 Å². The van der Waals surface area contributed by atoms with Crippen LogP contribution in [0.1, 0.15) is 30.3 Å². The minimum Gasteiger partial charge on any atom is -0.491 e. The maximum atomic E-state index is 13.6. The molecule has 1 aliphatic rings. The molecule has 0 unspecified atom stereocenters. The minimum absolute atomic E-state index is 0.00805. The Bertz CT molecular complexity index is 1150. The van der Waals surface area contributed by atoms with Crippen molar-refractivity contribution in [1.29, 1.82) is 0 Å². The van der Waals surface area contributed by atoms with E-state index in [2.05, 4.69) is 16.8 Å². The summed E-state index contributed by atoms with van der Waals surface area (Å²) in [6, 6.07) is 18.2. The van der Waals surface area contributed by atoms with Crippen LogP contribution in [0, 0.1) is 5.92 Å². The molecule has 8 heteroatoms. The summed E-state index contributed by atoms with van der Waals surface area (Å²) in [5.41, 5.74) is 1.73. The Balaban J connectivity index is 1.49. The summed E-state index contributed by atoms with van der Waals surface area (Å²) in [5, 5.41) is 5.48. The Kier molecular flexibility index (Phi) is 8.31. The summed E-state index contributed by atoms with van der Waals surface area (Å²) in [7, 11) is 0. The molecule has 0 aliphatic carbocycles. The van der Waals surface area contributed by atoms with Gasteiger partial charge < -0.3 is 19.9 Å². The van der Waals surface area contributed by atoms with Crippen molar-refractivity contribution in [2.45, 2.75) is 26.3 Å². The topological polar surface area (TPSA) is 61.9 Å². The lowest BCUT2D eigenvalue weighted by molar-refractivity contribution is -0.135. The highest BCUT2D eigenvalue weighted by Gasteiger charge is 2.33. The summed E-state index contributed by atoms with van der Waals surface area (Å²) in [6.45, 7) is 5.46. The Hall–Kier alpha value is -3.03. The summed E-state index contributed by atoms with van der Waals surface area (Å²) < 4.78 is 6.06. The molecule has 0 radical (unpaired) electrons. The minimum atomic E-state index is -0.320. The molecule has 3 amide bonds. The number of hydrogen-bond acceptors (Lipinski definition) is 4. The van der Waals surface area contributed by atoms with Crippen LogP contribution >= 0.6 is 22.9 Å². The van der Waals surface area contributed by atoms with Gasteiger partial charge in [-0.25, -0.2) is 4.79 Å². The highest BCUT2D eigenvalue weighted by molar-refractivity contribution is 7.10. The maximum Gasteiger partial charge on any atom is 0.322 e. The first kappa shape index (κ1) is 25.1. The molecule has 1 atom stereocenters. The molecule has 6 nitrogen and oxygen atoms in total. The van der Waals surface area contributed by atoms with E-state index in [1.54, 1.807) is 40.5 Å². The molecular weight excluding hydrogens is 482 g/mol. The third-order valence-corrected chi connectivity index (χ3v) is 7.07. The van der Waals surface area contributed by atoms with Gasteiger partial charge in [-0.15, -0.1) is 11.3 Å². The second kappa shape index (κ2) is 11.6. The van der Waals surface area contributed by atoms with Gasteiger partial charge in [-0.2, -0.15) is 0 Å². The lowest BCUT2D eigenvalue weighted by Gasteiger charge is -2.37. The van der Waals surface area contributed by atoms with E-state index in [0.29, 0.717) is 30.4 Å². The highest BCUT2D eigenvalue weighted by atomic mass is 35.5. The van der Waals surface area contributed by atoms with Crippen LogP contribution in [0.25, 0.3) is 0 Å². The number of rotatable bonds is 8. The molecule has 3 aromatic rings. The summed E-state index contributed by atoms with van der Waals surface area (Å²) in [6.07, 6.45) is 0.805. The normalized spacial score (nSPS) is 15.0. The number of thiophene rings is 1. The van der Waals surface area contributed by atoms with E-state index in [1.807, 2.05) is 49.1 Å². The van der Waals surface area contributed by atoms with Crippen molar-refractivity contribution in [3.63, 3.8) is 0 Å². The number of nitrogens with one attached hydrogen (secondary N) is 1. The molecule has 1 N–H and O–H groups in total. The van der Waals surface area contributed by atoms with Crippen LogP contribution in [0.15, 0.2) is 66.0 Å². The fraction of sp³-hybridized carbons (Fsp3) is 0.333. The van der Waals surface area contributed by atoms with Crippen LogP contribution in [-0.4, -0.2) is 48.0 Å². The number of amides is 3. The summed E-state index contributed by atoms with van der Waals surface area (Å²) in [4.78, 5) is 31.4. The van der Waals surface area contributed by atoms with Crippen LogP contribution < -0.4 is 10.1 Å². The van der Waals surface area contributed by atoms with Gasteiger partial charge in [-0.3, -0.25) is 4.79 Å². The first-order valence-corrected chi connectivity index (χ1v) is 13.0. The molecular formula is C27H30ClN3O3S. The second-order valence-electron chi connectivity index (χ2n) is 8.99. The first-order chi connectivity index (χ1) is 16.9. The zero-order chi connectivity index (χ0) is 24.8. The molecule has 0 fully saturated rings. The molecule has 0 saturated heterocycles. The highest BCUT2D eigenvalue weighted by Crippen LogP contribution is 2.34. The number of anilines is 1. The molecule has 1 aliphatic heterocycles. The van der Waals surface area contributed by atoms with E-state index in [-0.39, 0.29) is 30.4 Å². The monoisotopic (exact) mass is 511 g/mol. The number of halogens is 1. The number of carbonyl (C=O) groups excluding carboxylic acids is 2.